The van der Waals surface area contributed by atoms with Crippen molar-refractivity contribution in [3.8, 4) is 6.07 Å². The van der Waals surface area contributed by atoms with Gasteiger partial charge in [-0.3, -0.25) is 4.79 Å². The maximum absolute atomic E-state index is 11.2. The second-order valence-corrected chi connectivity index (χ2v) is 4.70. The van der Waals surface area contributed by atoms with E-state index >= 15 is 0 Å². The first-order valence-electron chi connectivity index (χ1n) is 3.31. The molecule has 0 aromatic carbocycles. The highest BCUT2D eigenvalue weighted by Crippen LogP contribution is 2.27. The summed E-state index contributed by atoms with van der Waals surface area (Å²) >= 11 is 4.70. The molecule has 1 aromatic rings. The number of nitrogens with zero attached hydrogens (tertiary/aromatic N) is 1. The molecule has 0 spiro atoms. The molecular formula is C8H6BrNOS. The molecule has 1 rings (SSSR count). The van der Waals surface area contributed by atoms with E-state index in [1.807, 2.05) is 13.0 Å². The number of aryl methyl sites for hydroxylation is 1. The smallest absolute Gasteiger partial charge is 0.186 e. The van der Waals surface area contributed by atoms with Crippen molar-refractivity contribution in [2.45, 2.75) is 13.3 Å². The number of hydrogen-bond donors (Lipinski definition) is 0. The zero-order valence-corrected chi connectivity index (χ0v) is 8.83. The Balaban J connectivity index is 2.91. The number of thiophene rings is 1. The van der Waals surface area contributed by atoms with E-state index in [0.29, 0.717) is 4.88 Å². The Morgan fingerprint density at radius 1 is 1.83 bits per heavy atom. The molecule has 12 heavy (non-hydrogen) atoms. The fourth-order valence-electron chi connectivity index (χ4n) is 0.756. The molecule has 0 radical (unpaired) electrons. The van der Waals surface area contributed by atoms with E-state index in [9.17, 15) is 4.79 Å². The highest BCUT2D eigenvalue weighted by molar-refractivity contribution is 9.11. The predicted molar refractivity (Wildman–Crippen MR) is 51.3 cm³/mol. The van der Waals surface area contributed by atoms with Crippen LogP contribution in [0.2, 0.25) is 0 Å². The number of hydrogen-bond acceptors (Lipinski definition) is 3. The number of rotatable bonds is 2. The lowest BCUT2D eigenvalue weighted by molar-refractivity contribution is 0.100. The lowest BCUT2D eigenvalue weighted by Gasteiger charge is -1.85. The minimum Gasteiger partial charge on any atom is -0.292 e. The molecule has 0 atom stereocenters. The first-order chi connectivity index (χ1) is 5.65. The van der Waals surface area contributed by atoms with Crippen molar-refractivity contribution in [1.82, 2.24) is 0 Å². The average Bonchev–Trinajstić information content (AvgIpc) is 2.33. The lowest BCUT2D eigenvalue weighted by Crippen LogP contribution is -1.92. The molecular weight excluding hydrogens is 238 g/mol. The summed E-state index contributed by atoms with van der Waals surface area (Å²) in [6.45, 7) is 1.92. The van der Waals surface area contributed by atoms with Gasteiger partial charge in [-0.15, -0.1) is 11.3 Å². The van der Waals surface area contributed by atoms with E-state index in [0.717, 1.165) is 9.35 Å². The van der Waals surface area contributed by atoms with E-state index in [1.165, 1.54) is 11.3 Å². The topological polar surface area (TPSA) is 40.9 Å². The third kappa shape index (κ3) is 1.93. The van der Waals surface area contributed by atoms with Gasteiger partial charge >= 0.3 is 0 Å². The third-order valence-electron chi connectivity index (χ3n) is 1.37. The maximum atomic E-state index is 11.2. The van der Waals surface area contributed by atoms with Gasteiger partial charge in [-0.05, 0) is 34.5 Å². The molecule has 0 amide bonds. The molecule has 0 N–H and O–H groups in total. The zero-order chi connectivity index (χ0) is 9.14. The SMILES string of the molecule is Cc1cc(C(=O)CC#N)sc1Br. The minimum atomic E-state index is -0.101. The number of halogens is 1. The van der Waals surface area contributed by atoms with Crippen molar-refractivity contribution >= 4 is 33.0 Å². The summed E-state index contributed by atoms with van der Waals surface area (Å²) in [7, 11) is 0. The van der Waals surface area contributed by atoms with E-state index < -0.39 is 0 Å². The monoisotopic (exact) mass is 243 g/mol. The largest absolute Gasteiger partial charge is 0.292 e. The fourth-order valence-corrected chi connectivity index (χ4v) is 2.23. The Kier molecular flexibility index (Phi) is 3.01. The molecule has 0 saturated heterocycles. The number of ketones is 1. The van der Waals surface area contributed by atoms with E-state index in [2.05, 4.69) is 15.9 Å². The second kappa shape index (κ2) is 3.83. The Hall–Kier alpha value is -0.660. The van der Waals surface area contributed by atoms with Gasteiger partial charge in [0.05, 0.1) is 21.2 Å². The molecule has 0 aliphatic rings. The molecule has 0 unspecified atom stereocenters. The van der Waals surface area contributed by atoms with Gasteiger partial charge in [-0.1, -0.05) is 0 Å². The fraction of sp³-hybridized carbons (Fsp3) is 0.250. The van der Waals surface area contributed by atoms with Gasteiger partial charge in [0.15, 0.2) is 5.78 Å². The van der Waals surface area contributed by atoms with Gasteiger partial charge in [0.2, 0.25) is 0 Å². The van der Waals surface area contributed by atoms with E-state index in [1.54, 1.807) is 6.07 Å². The van der Waals surface area contributed by atoms with Gasteiger partial charge in [0.1, 0.15) is 0 Å². The zero-order valence-electron chi connectivity index (χ0n) is 6.43. The molecule has 4 heteroatoms. The van der Waals surface area contributed by atoms with Crippen LogP contribution in [-0.4, -0.2) is 5.78 Å². The van der Waals surface area contributed by atoms with Crippen LogP contribution in [0.25, 0.3) is 0 Å². The number of carbonyl (C=O) groups excluding carboxylic acids is 1. The summed E-state index contributed by atoms with van der Waals surface area (Å²) in [5, 5.41) is 8.30. The van der Waals surface area contributed by atoms with Crippen LogP contribution >= 0.6 is 27.3 Å². The molecule has 0 fully saturated rings. The summed E-state index contributed by atoms with van der Waals surface area (Å²) < 4.78 is 0.962. The Morgan fingerprint density at radius 3 is 2.92 bits per heavy atom. The number of nitriles is 1. The van der Waals surface area contributed by atoms with Gasteiger partial charge in [-0.25, -0.2) is 0 Å². The highest BCUT2D eigenvalue weighted by atomic mass is 79.9. The molecule has 0 saturated carbocycles. The van der Waals surface area contributed by atoms with Crippen molar-refractivity contribution in [3.63, 3.8) is 0 Å². The average molecular weight is 244 g/mol. The first-order valence-corrected chi connectivity index (χ1v) is 4.92. The molecule has 0 aliphatic heterocycles. The first kappa shape index (κ1) is 9.43. The summed E-state index contributed by atoms with van der Waals surface area (Å²) in [6, 6.07) is 3.64. The lowest BCUT2D eigenvalue weighted by atomic mass is 10.2. The maximum Gasteiger partial charge on any atom is 0.186 e. The van der Waals surface area contributed by atoms with Crippen LogP contribution < -0.4 is 0 Å². The molecule has 62 valence electrons. The highest BCUT2D eigenvalue weighted by Gasteiger charge is 2.09. The van der Waals surface area contributed by atoms with E-state index in [4.69, 9.17) is 5.26 Å². The van der Waals surface area contributed by atoms with Crippen LogP contribution in [0.15, 0.2) is 9.85 Å². The normalized spacial score (nSPS) is 9.42. The van der Waals surface area contributed by atoms with Gasteiger partial charge < -0.3 is 0 Å². The quantitative estimate of drug-likeness (QED) is 0.750. The molecule has 1 heterocycles. The second-order valence-electron chi connectivity index (χ2n) is 2.33. The molecule has 0 aliphatic carbocycles. The van der Waals surface area contributed by atoms with Crippen LogP contribution in [0.5, 0.6) is 0 Å². The van der Waals surface area contributed by atoms with E-state index in [-0.39, 0.29) is 12.2 Å². The Morgan fingerprint density at radius 2 is 2.50 bits per heavy atom. The van der Waals surface area contributed by atoms with Crippen molar-refractivity contribution < 1.29 is 4.79 Å². The van der Waals surface area contributed by atoms with Crippen LogP contribution in [0.1, 0.15) is 21.7 Å². The molecule has 2 nitrogen and oxygen atoms in total. The third-order valence-corrected chi connectivity index (χ3v) is 3.55. The summed E-state index contributed by atoms with van der Waals surface area (Å²) in [5.74, 6) is -0.101. The van der Waals surface area contributed by atoms with Gasteiger partial charge in [0, 0.05) is 0 Å². The van der Waals surface area contributed by atoms with Crippen molar-refractivity contribution in [2.75, 3.05) is 0 Å². The number of Topliss-reactive ketones (excluding diaryl/α,β-unsaturated/α-hetero) is 1. The van der Waals surface area contributed by atoms with Crippen LogP contribution in [-0.2, 0) is 0 Å². The summed E-state index contributed by atoms with van der Waals surface area (Å²) in [6.07, 6.45) is -0.0353. The Labute approximate surface area is 83.0 Å². The molecule has 0 bridgehead atoms. The summed E-state index contributed by atoms with van der Waals surface area (Å²) in [4.78, 5) is 11.8. The van der Waals surface area contributed by atoms with Gasteiger partial charge in [-0.2, -0.15) is 5.26 Å². The molecule has 1 aromatic heterocycles. The van der Waals surface area contributed by atoms with Crippen LogP contribution in [0.4, 0.5) is 0 Å². The van der Waals surface area contributed by atoms with Crippen molar-refractivity contribution in [3.05, 3.63) is 20.3 Å². The summed E-state index contributed by atoms with van der Waals surface area (Å²) in [5.41, 5.74) is 1.04. The Bertz CT molecular complexity index is 331. The van der Waals surface area contributed by atoms with Crippen LogP contribution in [0.3, 0.4) is 0 Å². The van der Waals surface area contributed by atoms with Crippen molar-refractivity contribution in [2.24, 2.45) is 0 Å². The standard InChI is InChI=1S/C8H6BrNOS/c1-5-4-7(12-8(5)9)6(11)2-3-10/h4H,2H2,1H3. The van der Waals surface area contributed by atoms with Crippen LogP contribution in [0, 0.1) is 18.3 Å². The van der Waals surface area contributed by atoms with Crippen molar-refractivity contribution in [1.29, 1.82) is 5.26 Å². The van der Waals surface area contributed by atoms with Gasteiger partial charge in [0.25, 0.3) is 0 Å². The predicted octanol–water partition coefficient (Wildman–Crippen LogP) is 2.92. The minimum absolute atomic E-state index is 0.0353. The number of carbonyl (C=O) groups is 1.